The van der Waals surface area contributed by atoms with E-state index in [0.717, 1.165) is 47.6 Å². The zero-order valence-corrected chi connectivity index (χ0v) is 20.2. The molecule has 0 spiro atoms. The zero-order chi connectivity index (χ0) is 23.9. The van der Waals surface area contributed by atoms with Crippen molar-refractivity contribution in [3.05, 3.63) is 90.0 Å². The number of thiazole rings is 1. The summed E-state index contributed by atoms with van der Waals surface area (Å²) in [7, 11) is 0. The quantitative estimate of drug-likeness (QED) is 0.350. The number of carbonyl (C=O) groups excluding carboxylic acids is 1. The molecule has 4 aromatic rings. The second kappa shape index (κ2) is 11.3. The highest BCUT2D eigenvalue weighted by Gasteiger charge is 2.21. The topological polar surface area (TPSA) is 66.9 Å². The molecule has 2 amide bonds. The Balaban J connectivity index is 1.02. The van der Waals surface area contributed by atoms with Crippen molar-refractivity contribution in [3.63, 3.8) is 0 Å². The standard InChI is InChI=1S/C27H28N4O3S/c32-26(29-33-20-22-6-2-1-3-7-22)31-18-16-30(17-19-31)15-14-21-10-12-23(13-11-21)34-27-28-24-8-4-5-9-25(24)35-27/h1-13H,14-20H2,(H,29,32). The van der Waals surface area contributed by atoms with E-state index in [4.69, 9.17) is 9.57 Å². The Labute approximate surface area is 208 Å². The van der Waals surface area contributed by atoms with Gasteiger partial charge in [-0.1, -0.05) is 65.9 Å². The van der Waals surface area contributed by atoms with Crippen LogP contribution in [0.3, 0.4) is 0 Å². The van der Waals surface area contributed by atoms with E-state index >= 15 is 0 Å². The number of nitrogens with zero attached hydrogens (tertiary/aromatic N) is 3. The second-order valence-corrected chi connectivity index (χ2v) is 9.45. The SMILES string of the molecule is O=C(NOCc1ccccc1)N1CCN(CCc2ccc(Oc3nc4ccccc4s3)cc2)CC1. The lowest BCUT2D eigenvalue weighted by Gasteiger charge is -2.34. The van der Waals surface area contributed by atoms with Gasteiger partial charge < -0.3 is 9.64 Å². The first-order valence-electron chi connectivity index (χ1n) is 11.8. The Morgan fingerprint density at radius 3 is 2.40 bits per heavy atom. The lowest BCUT2D eigenvalue weighted by Crippen LogP contribution is -2.52. The highest BCUT2D eigenvalue weighted by atomic mass is 32.1. The van der Waals surface area contributed by atoms with E-state index in [9.17, 15) is 4.79 Å². The number of amides is 2. The number of fused-ring (bicyclic) bond motifs is 1. The highest BCUT2D eigenvalue weighted by molar-refractivity contribution is 7.20. The Bertz CT molecular complexity index is 1210. The largest absolute Gasteiger partial charge is 0.431 e. The highest BCUT2D eigenvalue weighted by Crippen LogP contribution is 2.31. The molecule has 0 saturated carbocycles. The van der Waals surface area contributed by atoms with Crippen LogP contribution in [-0.4, -0.2) is 53.5 Å². The molecule has 1 aliphatic heterocycles. The van der Waals surface area contributed by atoms with Crippen molar-refractivity contribution in [1.29, 1.82) is 0 Å². The Kier molecular flexibility index (Phi) is 7.53. The van der Waals surface area contributed by atoms with E-state index in [2.05, 4.69) is 33.6 Å². The molecule has 180 valence electrons. The van der Waals surface area contributed by atoms with Crippen LogP contribution in [0.2, 0.25) is 0 Å². The number of hydrogen-bond acceptors (Lipinski definition) is 6. The molecular formula is C27H28N4O3S. The van der Waals surface area contributed by atoms with Gasteiger partial charge in [-0.15, -0.1) is 0 Å². The summed E-state index contributed by atoms with van der Waals surface area (Å²) in [5.41, 5.74) is 5.80. The molecule has 0 atom stereocenters. The molecule has 3 aromatic carbocycles. The third-order valence-electron chi connectivity index (χ3n) is 6.02. The third-order valence-corrected chi connectivity index (χ3v) is 6.93. The number of rotatable bonds is 8. The number of urea groups is 1. The third kappa shape index (κ3) is 6.36. The van der Waals surface area contributed by atoms with Crippen LogP contribution < -0.4 is 10.2 Å². The Hall–Kier alpha value is -3.46. The van der Waals surface area contributed by atoms with Crippen molar-refractivity contribution in [2.45, 2.75) is 13.0 Å². The summed E-state index contributed by atoms with van der Waals surface area (Å²) in [5, 5.41) is 0.659. The number of nitrogens with one attached hydrogen (secondary N) is 1. The number of carbonyl (C=O) groups is 1. The predicted molar refractivity (Wildman–Crippen MR) is 138 cm³/mol. The molecule has 1 N–H and O–H groups in total. The van der Waals surface area contributed by atoms with Crippen LogP contribution in [0.5, 0.6) is 10.9 Å². The number of benzene rings is 3. The van der Waals surface area contributed by atoms with E-state index in [1.807, 2.05) is 60.7 Å². The van der Waals surface area contributed by atoms with E-state index < -0.39 is 0 Å². The molecule has 2 heterocycles. The van der Waals surface area contributed by atoms with E-state index in [1.54, 1.807) is 16.2 Å². The summed E-state index contributed by atoms with van der Waals surface area (Å²) in [5.74, 6) is 0.793. The van der Waals surface area contributed by atoms with Gasteiger partial charge in [0.25, 0.3) is 5.19 Å². The summed E-state index contributed by atoms with van der Waals surface area (Å²) in [6.45, 7) is 4.40. The lowest BCUT2D eigenvalue weighted by atomic mass is 10.1. The van der Waals surface area contributed by atoms with Gasteiger partial charge in [0.1, 0.15) is 5.75 Å². The number of aromatic nitrogens is 1. The molecule has 5 rings (SSSR count). The Morgan fingerprint density at radius 1 is 0.886 bits per heavy atom. The maximum atomic E-state index is 12.3. The lowest BCUT2D eigenvalue weighted by molar-refractivity contribution is 0.0303. The van der Waals surface area contributed by atoms with Gasteiger partial charge in [0.15, 0.2) is 0 Å². The van der Waals surface area contributed by atoms with Crippen molar-refractivity contribution in [3.8, 4) is 10.9 Å². The van der Waals surface area contributed by atoms with Crippen LogP contribution in [-0.2, 0) is 17.9 Å². The monoisotopic (exact) mass is 488 g/mol. The van der Waals surface area contributed by atoms with Crippen molar-refractivity contribution >= 4 is 27.6 Å². The molecule has 0 bridgehead atoms. The first kappa shape index (κ1) is 23.3. The van der Waals surface area contributed by atoms with Crippen LogP contribution in [0, 0.1) is 0 Å². The minimum absolute atomic E-state index is 0.177. The zero-order valence-electron chi connectivity index (χ0n) is 19.4. The predicted octanol–water partition coefficient (Wildman–Crippen LogP) is 5.09. The van der Waals surface area contributed by atoms with E-state index in [1.165, 1.54) is 5.56 Å². The van der Waals surface area contributed by atoms with Gasteiger partial charge in [0.2, 0.25) is 0 Å². The fourth-order valence-electron chi connectivity index (χ4n) is 4.00. The molecule has 0 radical (unpaired) electrons. The van der Waals surface area contributed by atoms with E-state index in [-0.39, 0.29) is 6.03 Å². The van der Waals surface area contributed by atoms with Gasteiger partial charge in [-0.05, 0) is 41.8 Å². The number of hydrogen-bond donors (Lipinski definition) is 1. The van der Waals surface area contributed by atoms with Gasteiger partial charge in [0.05, 0.1) is 16.8 Å². The summed E-state index contributed by atoms with van der Waals surface area (Å²) in [6.07, 6.45) is 0.952. The minimum atomic E-state index is -0.177. The van der Waals surface area contributed by atoms with Crippen LogP contribution >= 0.6 is 11.3 Å². The molecule has 1 aromatic heterocycles. The first-order chi connectivity index (χ1) is 17.2. The Morgan fingerprint density at radius 2 is 1.63 bits per heavy atom. The molecule has 8 heteroatoms. The molecule has 1 fully saturated rings. The van der Waals surface area contributed by atoms with Crippen molar-refractivity contribution in [2.75, 3.05) is 32.7 Å². The average molecular weight is 489 g/mol. The fraction of sp³-hybridized carbons (Fsp3) is 0.259. The van der Waals surface area contributed by atoms with Gasteiger partial charge in [-0.2, -0.15) is 0 Å². The molecule has 0 unspecified atom stereocenters. The number of piperazine rings is 1. The molecule has 0 aliphatic carbocycles. The molecule has 1 aliphatic rings. The van der Waals surface area contributed by atoms with Gasteiger partial charge in [-0.3, -0.25) is 9.74 Å². The smallest absolute Gasteiger partial charge is 0.341 e. The number of ether oxygens (including phenoxy) is 1. The molecular weight excluding hydrogens is 460 g/mol. The summed E-state index contributed by atoms with van der Waals surface area (Å²) in [4.78, 5) is 26.4. The summed E-state index contributed by atoms with van der Waals surface area (Å²) in [6, 6.07) is 25.9. The van der Waals surface area contributed by atoms with Crippen LogP contribution in [0.25, 0.3) is 10.2 Å². The number of para-hydroxylation sites is 1. The first-order valence-corrected chi connectivity index (χ1v) is 12.6. The maximum absolute atomic E-state index is 12.3. The summed E-state index contributed by atoms with van der Waals surface area (Å²) >= 11 is 1.55. The maximum Gasteiger partial charge on any atom is 0.341 e. The fourth-order valence-corrected chi connectivity index (χ4v) is 4.84. The molecule has 35 heavy (non-hydrogen) atoms. The van der Waals surface area contributed by atoms with Crippen LogP contribution in [0.4, 0.5) is 4.79 Å². The second-order valence-electron chi connectivity index (χ2n) is 8.45. The molecule has 1 saturated heterocycles. The van der Waals surface area contributed by atoms with Crippen LogP contribution in [0.1, 0.15) is 11.1 Å². The average Bonchev–Trinajstić information content (AvgIpc) is 3.31. The van der Waals surface area contributed by atoms with Gasteiger partial charge in [0, 0.05) is 32.7 Å². The van der Waals surface area contributed by atoms with Crippen molar-refractivity contribution in [1.82, 2.24) is 20.3 Å². The van der Waals surface area contributed by atoms with Crippen molar-refractivity contribution < 1.29 is 14.4 Å². The van der Waals surface area contributed by atoms with Gasteiger partial charge in [-0.25, -0.2) is 15.3 Å². The van der Waals surface area contributed by atoms with Gasteiger partial charge >= 0.3 is 6.03 Å². The normalized spacial score (nSPS) is 14.2. The minimum Gasteiger partial charge on any atom is -0.431 e. The van der Waals surface area contributed by atoms with Crippen LogP contribution in [0.15, 0.2) is 78.9 Å². The summed E-state index contributed by atoms with van der Waals surface area (Å²) < 4.78 is 7.07. The molecule has 7 nitrogen and oxygen atoms in total. The van der Waals surface area contributed by atoms with E-state index in [0.29, 0.717) is 24.9 Å². The number of hydroxylamine groups is 1. The van der Waals surface area contributed by atoms with Crippen molar-refractivity contribution in [2.24, 2.45) is 0 Å².